The number of carbonyl (C=O) groups is 1. The minimum Gasteiger partial charge on any atom is -0.494 e. The van der Waals surface area contributed by atoms with E-state index in [4.69, 9.17) is 19.6 Å². The average molecular weight is 509 g/mol. The summed E-state index contributed by atoms with van der Waals surface area (Å²) in [5.41, 5.74) is 2.86. The fraction of sp³-hybridized carbons (Fsp3) is 0.538. The van der Waals surface area contributed by atoms with Crippen molar-refractivity contribution in [3.63, 3.8) is 0 Å². The van der Waals surface area contributed by atoms with Crippen LogP contribution in [0.1, 0.15) is 58.1 Å². The molecule has 0 unspecified atom stereocenters. The number of methoxy groups -OCH3 is 1. The third kappa shape index (κ3) is 4.11. The number of carbonyl (C=O) groups excluding carboxylic acids is 1. The van der Waals surface area contributed by atoms with Gasteiger partial charge in [0.25, 0.3) is 0 Å². The second kappa shape index (κ2) is 8.19. The van der Waals surface area contributed by atoms with Crippen molar-refractivity contribution in [1.29, 1.82) is 0 Å². The van der Waals surface area contributed by atoms with E-state index in [1.165, 1.54) is 0 Å². The van der Waals surface area contributed by atoms with E-state index >= 15 is 0 Å². The van der Waals surface area contributed by atoms with Crippen LogP contribution in [0.25, 0.3) is 26.4 Å². The number of hydrogen-bond acceptors (Lipinski definition) is 7. The number of hydrogen-bond donors (Lipinski definition) is 0. The number of imidazole rings is 1. The van der Waals surface area contributed by atoms with Crippen molar-refractivity contribution in [3.8, 4) is 16.3 Å². The number of aryl methyl sites for hydroxylation is 1. The van der Waals surface area contributed by atoms with Gasteiger partial charge in [0, 0.05) is 43.2 Å². The van der Waals surface area contributed by atoms with Gasteiger partial charge >= 0.3 is 6.09 Å². The van der Waals surface area contributed by atoms with Crippen molar-refractivity contribution in [2.75, 3.05) is 20.2 Å². The van der Waals surface area contributed by atoms with Gasteiger partial charge in [-0.15, -0.1) is 0 Å². The minimum absolute atomic E-state index is 0.190. The van der Waals surface area contributed by atoms with Gasteiger partial charge in [0.2, 0.25) is 4.96 Å². The molecule has 1 aliphatic heterocycles. The number of amides is 1. The molecular formula is C26H32N6O3S. The van der Waals surface area contributed by atoms with Gasteiger partial charge < -0.3 is 14.4 Å². The Morgan fingerprint density at radius 2 is 1.89 bits per heavy atom. The SMILES string of the molecule is COc1cc(-c2nn3cc(C4CC5(CCN(C(=O)OC(C)(C)C)CC5)C4)nc3s2)cc2cn(C)nc12. The highest BCUT2D eigenvalue weighted by atomic mass is 32.1. The molecule has 9 nitrogen and oxygen atoms in total. The highest BCUT2D eigenvalue weighted by molar-refractivity contribution is 7.19. The summed E-state index contributed by atoms with van der Waals surface area (Å²) in [6.45, 7) is 7.29. The lowest BCUT2D eigenvalue weighted by molar-refractivity contribution is -0.0125. The summed E-state index contributed by atoms with van der Waals surface area (Å²) in [4.78, 5) is 20.1. The molecule has 36 heavy (non-hydrogen) atoms. The zero-order valence-electron chi connectivity index (χ0n) is 21.4. The molecule has 0 atom stereocenters. The smallest absolute Gasteiger partial charge is 0.410 e. The van der Waals surface area contributed by atoms with Gasteiger partial charge in [0.05, 0.1) is 19.0 Å². The van der Waals surface area contributed by atoms with E-state index in [1.54, 1.807) is 23.1 Å². The molecule has 1 aliphatic carbocycles. The predicted molar refractivity (Wildman–Crippen MR) is 139 cm³/mol. The molecule has 1 amide bonds. The van der Waals surface area contributed by atoms with Crippen LogP contribution in [0.5, 0.6) is 5.75 Å². The Bertz CT molecular complexity index is 1410. The van der Waals surface area contributed by atoms with Gasteiger partial charge in [-0.3, -0.25) is 4.68 Å². The van der Waals surface area contributed by atoms with E-state index in [1.807, 2.05) is 49.5 Å². The third-order valence-electron chi connectivity index (χ3n) is 7.47. The molecule has 4 aromatic rings. The topological polar surface area (TPSA) is 86.8 Å². The highest BCUT2D eigenvalue weighted by Gasteiger charge is 2.48. The molecule has 3 aromatic heterocycles. The van der Waals surface area contributed by atoms with Crippen LogP contribution in [-0.4, -0.2) is 61.2 Å². The first-order valence-corrected chi connectivity index (χ1v) is 13.3. The summed E-state index contributed by atoms with van der Waals surface area (Å²) in [7, 11) is 3.58. The monoisotopic (exact) mass is 508 g/mol. The van der Waals surface area contributed by atoms with E-state index in [2.05, 4.69) is 17.4 Å². The van der Waals surface area contributed by atoms with Crippen LogP contribution < -0.4 is 4.74 Å². The van der Waals surface area contributed by atoms with Gasteiger partial charge in [-0.2, -0.15) is 10.2 Å². The molecule has 10 heteroatoms. The number of rotatable bonds is 3. The van der Waals surface area contributed by atoms with E-state index in [-0.39, 0.29) is 6.09 Å². The van der Waals surface area contributed by atoms with Crippen molar-refractivity contribution in [3.05, 3.63) is 30.2 Å². The van der Waals surface area contributed by atoms with E-state index in [0.717, 1.165) is 76.7 Å². The van der Waals surface area contributed by atoms with Gasteiger partial charge in [-0.25, -0.2) is 14.3 Å². The zero-order chi connectivity index (χ0) is 25.2. The second-order valence-corrected chi connectivity index (χ2v) is 12.2. The van der Waals surface area contributed by atoms with Gasteiger partial charge in [-0.1, -0.05) is 11.3 Å². The number of nitrogens with zero attached hydrogens (tertiary/aromatic N) is 6. The van der Waals surface area contributed by atoms with E-state index in [9.17, 15) is 4.79 Å². The molecule has 190 valence electrons. The molecule has 0 radical (unpaired) electrons. The van der Waals surface area contributed by atoms with Crippen LogP contribution in [-0.2, 0) is 11.8 Å². The quantitative estimate of drug-likeness (QED) is 0.376. The first-order chi connectivity index (χ1) is 17.1. The molecule has 1 spiro atoms. The van der Waals surface area contributed by atoms with Gasteiger partial charge in [0.15, 0.2) is 0 Å². The molecule has 0 bridgehead atoms. The third-order valence-corrected chi connectivity index (χ3v) is 8.44. The standard InChI is InChI=1S/C26H32N6O3S/c1-25(2,3)35-24(33)31-8-6-26(7-9-31)12-18(13-26)19-15-32-23(27-19)36-22(29-32)16-10-17-14-30(4)28-21(17)20(11-16)34-5/h10-11,14-15,18H,6-9,12-13H2,1-5H3. The van der Waals surface area contributed by atoms with E-state index < -0.39 is 5.60 Å². The Morgan fingerprint density at radius 3 is 2.56 bits per heavy atom. The maximum absolute atomic E-state index is 12.4. The maximum atomic E-state index is 12.4. The highest BCUT2D eigenvalue weighted by Crippen LogP contribution is 2.56. The van der Waals surface area contributed by atoms with Crippen LogP contribution in [0.4, 0.5) is 4.79 Å². The minimum atomic E-state index is -0.451. The zero-order valence-corrected chi connectivity index (χ0v) is 22.3. The lowest BCUT2D eigenvalue weighted by atomic mass is 9.57. The number of likely N-dealkylation sites (tertiary alicyclic amines) is 1. The summed E-state index contributed by atoms with van der Waals surface area (Å²) < 4.78 is 14.8. The van der Waals surface area contributed by atoms with Crippen molar-refractivity contribution < 1.29 is 14.3 Å². The van der Waals surface area contributed by atoms with Crippen molar-refractivity contribution >= 4 is 33.3 Å². The van der Waals surface area contributed by atoms with Crippen molar-refractivity contribution in [1.82, 2.24) is 29.3 Å². The average Bonchev–Trinajstić information content (AvgIpc) is 3.47. The van der Waals surface area contributed by atoms with Crippen molar-refractivity contribution in [2.24, 2.45) is 12.5 Å². The van der Waals surface area contributed by atoms with Gasteiger partial charge in [0.1, 0.15) is 21.9 Å². The van der Waals surface area contributed by atoms with Crippen LogP contribution in [0.3, 0.4) is 0 Å². The summed E-state index contributed by atoms with van der Waals surface area (Å²) >= 11 is 1.59. The number of fused-ring (bicyclic) bond motifs is 2. The summed E-state index contributed by atoms with van der Waals surface area (Å²) in [5.74, 6) is 1.20. The molecule has 2 fully saturated rings. The van der Waals surface area contributed by atoms with E-state index in [0.29, 0.717) is 11.3 Å². The largest absolute Gasteiger partial charge is 0.494 e. The summed E-state index contributed by atoms with van der Waals surface area (Å²) in [5, 5.41) is 11.3. The first kappa shape index (κ1) is 23.3. The van der Waals surface area contributed by atoms with Crippen molar-refractivity contribution in [2.45, 2.75) is 58.0 Å². The summed E-state index contributed by atoms with van der Waals surface area (Å²) in [6.07, 6.45) is 8.21. The maximum Gasteiger partial charge on any atom is 0.410 e. The number of benzene rings is 1. The lowest BCUT2D eigenvalue weighted by Gasteiger charge is -2.51. The molecule has 2 aliphatic rings. The normalized spacial score (nSPS) is 18.2. The lowest BCUT2D eigenvalue weighted by Crippen LogP contribution is -2.49. The molecule has 4 heterocycles. The molecule has 1 saturated carbocycles. The Balaban J connectivity index is 1.13. The fourth-order valence-corrected chi connectivity index (χ4v) is 6.50. The molecule has 0 N–H and O–H groups in total. The van der Waals surface area contributed by atoms with Crippen LogP contribution in [0, 0.1) is 5.41 Å². The molecular weight excluding hydrogens is 476 g/mol. The Hall–Kier alpha value is -3.14. The number of ether oxygens (including phenoxy) is 2. The Labute approximate surface area is 214 Å². The first-order valence-electron chi connectivity index (χ1n) is 12.5. The Morgan fingerprint density at radius 1 is 1.14 bits per heavy atom. The number of aromatic nitrogens is 5. The fourth-order valence-electron chi connectivity index (χ4n) is 5.63. The summed E-state index contributed by atoms with van der Waals surface area (Å²) in [6, 6.07) is 4.09. The predicted octanol–water partition coefficient (Wildman–Crippen LogP) is 5.25. The molecule has 1 saturated heterocycles. The van der Waals surface area contributed by atoms with Gasteiger partial charge in [-0.05, 0) is 64.0 Å². The molecule has 1 aromatic carbocycles. The van der Waals surface area contributed by atoms with Crippen LogP contribution in [0.15, 0.2) is 24.5 Å². The second-order valence-electron chi connectivity index (χ2n) is 11.3. The molecule has 6 rings (SSSR count). The number of piperidine rings is 1. The van der Waals surface area contributed by atoms with Crippen LogP contribution in [0.2, 0.25) is 0 Å². The van der Waals surface area contributed by atoms with Crippen LogP contribution >= 0.6 is 11.3 Å². The Kier molecular flexibility index (Phi) is 5.30.